The Morgan fingerprint density at radius 1 is 1.35 bits per heavy atom. The van der Waals surface area contributed by atoms with Gasteiger partial charge in [0.05, 0.1) is 5.56 Å². The van der Waals surface area contributed by atoms with Crippen molar-refractivity contribution in [2.75, 3.05) is 25.0 Å². The molecule has 0 radical (unpaired) electrons. The minimum atomic E-state index is -0.324. The number of nitrogens with one attached hydrogen (secondary N) is 1. The number of anilines is 1. The quantitative estimate of drug-likeness (QED) is 0.561. The molecule has 4 nitrogen and oxygen atoms in total. The van der Waals surface area contributed by atoms with E-state index in [0.29, 0.717) is 12.1 Å². The molecular formula is C13H20N2O2. The van der Waals surface area contributed by atoms with Gasteiger partial charge in [0.15, 0.2) is 0 Å². The van der Waals surface area contributed by atoms with Gasteiger partial charge in [-0.05, 0) is 30.7 Å². The topological polar surface area (TPSA) is 64.3 Å². The first-order valence-electron chi connectivity index (χ1n) is 5.99. The van der Waals surface area contributed by atoms with Gasteiger partial charge in [-0.2, -0.15) is 0 Å². The van der Waals surface area contributed by atoms with Crippen molar-refractivity contribution in [3.8, 4) is 0 Å². The second kappa shape index (κ2) is 7.68. The number of esters is 1. The van der Waals surface area contributed by atoms with Crippen molar-refractivity contribution in [3.63, 3.8) is 0 Å². The first kappa shape index (κ1) is 13.5. The fourth-order valence-corrected chi connectivity index (χ4v) is 1.37. The van der Waals surface area contributed by atoms with Gasteiger partial charge in [0.25, 0.3) is 0 Å². The van der Waals surface area contributed by atoms with Crippen molar-refractivity contribution in [1.82, 2.24) is 0 Å². The molecule has 3 N–H and O–H groups in total. The summed E-state index contributed by atoms with van der Waals surface area (Å²) in [5.41, 5.74) is 6.84. The van der Waals surface area contributed by atoms with E-state index >= 15 is 0 Å². The number of unbranched alkanes of at least 4 members (excludes halogenated alkanes) is 1. The number of nitrogens with two attached hydrogens (primary N) is 1. The molecule has 1 rings (SSSR count). The average molecular weight is 236 g/mol. The molecule has 1 aromatic carbocycles. The van der Waals surface area contributed by atoms with Crippen LogP contribution < -0.4 is 11.1 Å². The Hall–Kier alpha value is -1.55. The Balaban J connectivity index is 2.46. The van der Waals surface area contributed by atoms with Crippen molar-refractivity contribution in [2.24, 2.45) is 5.73 Å². The minimum Gasteiger partial charge on any atom is -0.461 e. The van der Waals surface area contributed by atoms with Gasteiger partial charge < -0.3 is 15.8 Å². The van der Waals surface area contributed by atoms with Crippen LogP contribution in [0.1, 0.15) is 30.1 Å². The molecule has 0 unspecified atom stereocenters. The molecule has 0 fully saturated rings. The molecule has 0 aromatic heterocycles. The summed E-state index contributed by atoms with van der Waals surface area (Å²) in [7, 11) is 0. The van der Waals surface area contributed by atoms with Crippen LogP contribution in [0.15, 0.2) is 24.3 Å². The normalized spacial score (nSPS) is 10.0. The van der Waals surface area contributed by atoms with Gasteiger partial charge >= 0.3 is 5.97 Å². The first-order chi connectivity index (χ1) is 8.27. The maximum absolute atomic E-state index is 11.5. The zero-order valence-corrected chi connectivity index (χ0v) is 10.2. The van der Waals surface area contributed by atoms with E-state index in [4.69, 9.17) is 10.5 Å². The first-order valence-corrected chi connectivity index (χ1v) is 5.99. The van der Waals surface area contributed by atoms with Gasteiger partial charge in [0, 0.05) is 18.8 Å². The van der Waals surface area contributed by atoms with E-state index < -0.39 is 0 Å². The van der Waals surface area contributed by atoms with Gasteiger partial charge in [-0.15, -0.1) is 0 Å². The zero-order chi connectivity index (χ0) is 12.5. The fourth-order valence-electron chi connectivity index (χ4n) is 1.37. The number of carbonyl (C=O) groups excluding carboxylic acids is 1. The molecule has 0 aliphatic heterocycles. The van der Waals surface area contributed by atoms with Crippen molar-refractivity contribution >= 4 is 11.7 Å². The Labute approximate surface area is 102 Å². The molecule has 0 aliphatic rings. The van der Waals surface area contributed by atoms with Gasteiger partial charge in [0.2, 0.25) is 0 Å². The number of rotatable bonds is 7. The van der Waals surface area contributed by atoms with Gasteiger partial charge in [0.1, 0.15) is 6.61 Å². The second-order valence-electron chi connectivity index (χ2n) is 3.78. The lowest BCUT2D eigenvalue weighted by Gasteiger charge is -2.06. The predicted molar refractivity (Wildman–Crippen MR) is 69.2 cm³/mol. The maximum Gasteiger partial charge on any atom is 0.338 e. The summed E-state index contributed by atoms with van der Waals surface area (Å²) >= 11 is 0. The van der Waals surface area contributed by atoms with Crippen molar-refractivity contribution in [2.45, 2.75) is 19.8 Å². The monoisotopic (exact) mass is 236 g/mol. The summed E-state index contributed by atoms with van der Waals surface area (Å²) in [6, 6.07) is 7.28. The van der Waals surface area contributed by atoms with Crippen LogP contribution in [0.4, 0.5) is 5.69 Å². The standard InChI is InChI=1S/C13H20N2O2/c1-2-3-9-15-12-6-4-11(5-7-12)13(16)17-10-8-14/h4-7,15H,2-3,8-10,14H2,1H3. The fraction of sp³-hybridized carbons (Fsp3) is 0.462. The highest BCUT2D eigenvalue weighted by Crippen LogP contribution is 2.10. The third-order valence-corrected chi connectivity index (χ3v) is 2.33. The lowest BCUT2D eigenvalue weighted by atomic mass is 10.2. The highest BCUT2D eigenvalue weighted by Gasteiger charge is 2.05. The largest absolute Gasteiger partial charge is 0.461 e. The van der Waals surface area contributed by atoms with Crippen LogP contribution in [-0.2, 0) is 4.74 Å². The summed E-state index contributed by atoms with van der Waals surface area (Å²) in [5, 5.41) is 3.28. The number of hydrogen-bond donors (Lipinski definition) is 2. The van der Waals surface area contributed by atoms with Crippen molar-refractivity contribution in [3.05, 3.63) is 29.8 Å². The Bertz CT molecular complexity index is 336. The summed E-state index contributed by atoms with van der Waals surface area (Å²) in [6.45, 7) is 3.71. The SMILES string of the molecule is CCCCNc1ccc(C(=O)OCCN)cc1. The lowest BCUT2D eigenvalue weighted by Crippen LogP contribution is -2.13. The van der Waals surface area contributed by atoms with Crippen LogP contribution in [0.3, 0.4) is 0 Å². The van der Waals surface area contributed by atoms with E-state index in [9.17, 15) is 4.79 Å². The van der Waals surface area contributed by atoms with Gasteiger partial charge in [-0.25, -0.2) is 4.79 Å². The number of benzene rings is 1. The summed E-state index contributed by atoms with van der Waals surface area (Å²) < 4.78 is 4.93. The Morgan fingerprint density at radius 3 is 2.65 bits per heavy atom. The second-order valence-corrected chi connectivity index (χ2v) is 3.78. The van der Waals surface area contributed by atoms with Crippen LogP contribution in [-0.4, -0.2) is 25.7 Å². The summed E-state index contributed by atoms with van der Waals surface area (Å²) in [4.78, 5) is 11.5. The molecule has 0 bridgehead atoms. The summed E-state index contributed by atoms with van der Waals surface area (Å²) in [5.74, 6) is -0.324. The van der Waals surface area contributed by atoms with Crippen LogP contribution in [0, 0.1) is 0 Å². The molecule has 0 amide bonds. The van der Waals surface area contributed by atoms with E-state index in [1.54, 1.807) is 12.1 Å². The number of hydrogen-bond acceptors (Lipinski definition) is 4. The van der Waals surface area contributed by atoms with E-state index in [0.717, 1.165) is 25.1 Å². The van der Waals surface area contributed by atoms with E-state index in [1.165, 1.54) is 0 Å². The molecule has 0 atom stereocenters. The van der Waals surface area contributed by atoms with E-state index in [1.807, 2.05) is 12.1 Å². The highest BCUT2D eigenvalue weighted by atomic mass is 16.5. The van der Waals surface area contributed by atoms with Crippen LogP contribution in [0.2, 0.25) is 0 Å². The van der Waals surface area contributed by atoms with Crippen LogP contribution >= 0.6 is 0 Å². The molecule has 94 valence electrons. The highest BCUT2D eigenvalue weighted by molar-refractivity contribution is 5.89. The van der Waals surface area contributed by atoms with Crippen molar-refractivity contribution < 1.29 is 9.53 Å². The van der Waals surface area contributed by atoms with E-state index in [2.05, 4.69) is 12.2 Å². The van der Waals surface area contributed by atoms with Crippen LogP contribution in [0.5, 0.6) is 0 Å². The molecule has 0 saturated heterocycles. The third-order valence-electron chi connectivity index (χ3n) is 2.33. The molecule has 0 spiro atoms. The maximum atomic E-state index is 11.5. The predicted octanol–water partition coefficient (Wildman–Crippen LogP) is 2.01. The van der Waals surface area contributed by atoms with Gasteiger partial charge in [-0.1, -0.05) is 13.3 Å². The molecule has 1 aromatic rings. The Kier molecular flexibility index (Phi) is 6.10. The van der Waals surface area contributed by atoms with Gasteiger partial charge in [-0.3, -0.25) is 0 Å². The average Bonchev–Trinajstić information content (AvgIpc) is 2.37. The van der Waals surface area contributed by atoms with Crippen LogP contribution in [0.25, 0.3) is 0 Å². The summed E-state index contributed by atoms with van der Waals surface area (Å²) in [6.07, 6.45) is 2.30. The number of carbonyl (C=O) groups is 1. The van der Waals surface area contributed by atoms with Crippen molar-refractivity contribution in [1.29, 1.82) is 0 Å². The molecule has 0 saturated carbocycles. The lowest BCUT2D eigenvalue weighted by molar-refractivity contribution is 0.0517. The molecule has 0 heterocycles. The Morgan fingerprint density at radius 2 is 2.06 bits per heavy atom. The molecule has 17 heavy (non-hydrogen) atoms. The minimum absolute atomic E-state index is 0.259. The third kappa shape index (κ3) is 4.87. The smallest absolute Gasteiger partial charge is 0.338 e. The molecule has 4 heteroatoms. The molecular weight excluding hydrogens is 216 g/mol. The van der Waals surface area contributed by atoms with E-state index in [-0.39, 0.29) is 12.6 Å². The molecule has 0 aliphatic carbocycles. The number of ether oxygens (including phenoxy) is 1. The zero-order valence-electron chi connectivity index (χ0n) is 10.2.